The lowest BCUT2D eigenvalue weighted by Gasteiger charge is -2.32. The fourth-order valence-corrected chi connectivity index (χ4v) is 2.31. The molecule has 18 heavy (non-hydrogen) atoms. The van der Waals surface area contributed by atoms with Gasteiger partial charge in [0.15, 0.2) is 0 Å². The molecule has 0 spiro atoms. The van der Waals surface area contributed by atoms with Crippen LogP contribution in [0.25, 0.3) is 0 Å². The fraction of sp³-hybridized carbons (Fsp3) is 0.231. The molecule has 1 aromatic heterocycles. The van der Waals surface area contributed by atoms with E-state index in [0.717, 1.165) is 6.54 Å². The van der Waals surface area contributed by atoms with Crippen molar-refractivity contribution in [3.05, 3.63) is 47.7 Å². The molecule has 0 amide bonds. The van der Waals surface area contributed by atoms with E-state index in [-0.39, 0.29) is 6.04 Å². The van der Waals surface area contributed by atoms with E-state index in [1.807, 2.05) is 12.1 Å². The van der Waals surface area contributed by atoms with Crippen molar-refractivity contribution in [2.75, 3.05) is 17.2 Å². The molecule has 2 heterocycles. The van der Waals surface area contributed by atoms with Gasteiger partial charge in [0.05, 0.1) is 0 Å². The van der Waals surface area contributed by atoms with Crippen LogP contribution in [-0.4, -0.2) is 16.5 Å². The number of anilines is 2. The van der Waals surface area contributed by atoms with Gasteiger partial charge in [-0.1, -0.05) is 24.3 Å². The lowest BCUT2D eigenvalue weighted by Crippen LogP contribution is -2.38. The van der Waals surface area contributed by atoms with Crippen LogP contribution in [0.2, 0.25) is 0 Å². The van der Waals surface area contributed by atoms with Crippen molar-refractivity contribution in [2.45, 2.75) is 12.6 Å². The quantitative estimate of drug-likeness (QED) is 0.780. The Hall–Kier alpha value is -2.14. The van der Waals surface area contributed by atoms with Gasteiger partial charge in [-0.15, -0.1) is 0 Å². The summed E-state index contributed by atoms with van der Waals surface area (Å²) in [5.74, 6) is 1.12. The minimum absolute atomic E-state index is 0.0139. The van der Waals surface area contributed by atoms with Crippen molar-refractivity contribution < 1.29 is 0 Å². The number of aromatic nitrogens is 2. The van der Waals surface area contributed by atoms with Gasteiger partial charge in [0, 0.05) is 25.3 Å². The number of nitrogens with zero attached hydrogens (tertiary/aromatic N) is 3. The summed E-state index contributed by atoms with van der Waals surface area (Å²) < 4.78 is 0. The summed E-state index contributed by atoms with van der Waals surface area (Å²) >= 11 is 0. The Morgan fingerprint density at radius 1 is 1.22 bits per heavy atom. The van der Waals surface area contributed by atoms with Crippen LogP contribution in [0.3, 0.4) is 0 Å². The fourth-order valence-electron chi connectivity index (χ4n) is 2.31. The van der Waals surface area contributed by atoms with E-state index in [4.69, 9.17) is 11.5 Å². The van der Waals surface area contributed by atoms with Gasteiger partial charge in [0.2, 0.25) is 5.95 Å². The molecule has 0 bridgehead atoms. The van der Waals surface area contributed by atoms with E-state index in [1.54, 1.807) is 12.3 Å². The molecule has 1 aromatic carbocycles. The van der Waals surface area contributed by atoms with Gasteiger partial charge in [-0.2, -0.15) is 4.98 Å². The summed E-state index contributed by atoms with van der Waals surface area (Å²) in [5.41, 5.74) is 14.3. The topological polar surface area (TPSA) is 81.1 Å². The minimum Gasteiger partial charge on any atom is -0.384 e. The summed E-state index contributed by atoms with van der Waals surface area (Å²) in [6, 6.07) is 9.88. The number of rotatable bonds is 1. The van der Waals surface area contributed by atoms with E-state index in [0.29, 0.717) is 18.3 Å². The number of fused-ring (bicyclic) bond motifs is 1. The second-order valence-corrected chi connectivity index (χ2v) is 4.47. The molecule has 1 aliphatic rings. The second-order valence-electron chi connectivity index (χ2n) is 4.47. The van der Waals surface area contributed by atoms with Gasteiger partial charge in [0.1, 0.15) is 5.82 Å². The molecule has 2 aromatic rings. The number of benzene rings is 1. The van der Waals surface area contributed by atoms with Gasteiger partial charge in [-0.25, -0.2) is 4.98 Å². The first-order valence-corrected chi connectivity index (χ1v) is 5.91. The third-order valence-electron chi connectivity index (χ3n) is 3.18. The first-order valence-electron chi connectivity index (χ1n) is 5.91. The molecule has 0 fully saturated rings. The normalized spacial score (nSPS) is 18.5. The molecule has 4 N–H and O–H groups in total. The Morgan fingerprint density at radius 2 is 2.06 bits per heavy atom. The zero-order chi connectivity index (χ0) is 12.5. The van der Waals surface area contributed by atoms with Crippen LogP contribution in [0.4, 0.5) is 11.8 Å². The van der Waals surface area contributed by atoms with E-state index in [1.165, 1.54) is 11.1 Å². The molecule has 5 nitrogen and oxygen atoms in total. The molecule has 1 atom stereocenters. The number of hydrogen-bond donors (Lipinski definition) is 2. The van der Waals surface area contributed by atoms with E-state index < -0.39 is 0 Å². The molecule has 3 rings (SSSR count). The molecule has 1 unspecified atom stereocenters. The number of nitrogen functional groups attached to an aromatic ring is 1. The van der Waals surface area contributed by atoms with Gasteiger partial charge in [-0.05, 0) is 17.2 Å². The largest absolute Gasteiger partial charge is 0.384 e. The van der Waals surface area contributed by atoms with Crippen LogP contribution in [0.15, 0.2) is 36.5 Å². The summed E-state index contributed by atoms with van der Waals surface area (Å²) in [5, 5.41) is 0. The third kappa shape index (κ3) is 1.89. The smallest absolute Gasteiger partial charge is 0.227 e. The van der Waals surface area contributed by atoms with E-state index in [2.05, 4.69) is 27.0 Å². The van der Waals surface area contributed by atoms with E-state index in [9.17, 15) is 0 Å². The average molecular weight is 241 g/mol. The first kappa shape index (κ1) is 11.0. The van der Waals surface area contributed by atoms with Crippen molar-refractivity contribution in [1.29, 1.82) is 0 Å². The zero-order valence-corrected chi connectivity index (χ0v) is 9.95. The molecular weight excluding hydrogens is 226 g/mol. The predicted molar refractivity (Wildman–Crippen MR) is 70.9 cm³/mol. The predicted octanol–water partition coefficient (Wildman–Crippen LogP) is 1.08. The van der Waals surface area contributed by atoms with Crippen molar-refractivity contribution in [2.24, 2.45) is 5.73 Å². The number of nitrogens with two attached hydrogens (primary N) is 2. The Kier molecular flexibility index (Phi) is 2.60. The van der Waals surface area contributed by atoms with Crippen molar-refractivity contribution in [1.82, 2.24) is 9.97 Å². The lowest BCUT2D eigenvalue weighted by atomic mass is 9.96. The van der Waals surface area contributed by atoms with Crippen molar-refractivity contribution in [3.63, 3.8) is 0 Å². The van der Waals surface area contributed by atoms with Gasteiger partial charge >= 0.3 is 0 Å². The minimum atomic E-state index is -0.0139. The highest BCUT2D eigenvalue weighted by atomic mass is 15.3. The second kappa shape index (κ2) is 4.27. The Labute approximate surface area is 105 Å². The van der Waals surface area contributed by atoms with Gasteiger partial charge < -0.3 is 16.4 Å². The maximum absolute atomic E-state index is 6.18. The van der Waals surface area contributed by atoms with Crippen LogP contribution < -0.4 is 16.4 Å². The van der Waals surface area contributed by atoms with E-state index >= 15 is 0 Å². The molecule has 0 saturated carbocycles. The maximum atomic E-state index is 6.18. The van der Waals surface area contributed by atoms with Crippen LogP contribution in [0, 0.1) is 0 Å². The summed E-state index contributed by atoms with van der Waals surface area (Å²) in [4.78, 5) is 10.6. The molecular formula is C13H15N5. The van der Waals surface area contributed by atoms with Gasteiger partial charge in [-0.3, -0.25) is 0 Å². The van der Waals surface area contributed by atoms with Crippen LogP contribution in [-0.2, 0) is 6.54 Å². The number of hydrogen-bond acceptors (Lipinski definition) is 5. The summed E-state index contributed by atoms with van der Waals surface area (Å²) in [6.45, 7) is 1.48. The lowest BCUT2D eigenvalue weighted by molar-refractivity contribution is 0.607. The highest BCUT2D eigenvalue weighted by molar-refractivity contribution is 5.44. The van der Waals surface area contributed by atoms with Crippen LogP contribution >= 0.6 is 0 Å². The molecule has 0 saturated heterocycles. The first-order chi connectivity index (χ1) is 8.74. The standard InChI is InChI=1S/C13H15N5/c14-11-8-18(13-16-6-5-12(15)17-13)7-9-3-1-2-4-10(9)11/h1-6,11H,7-8,14H2,(H2,15,16,17). The average Bonchev–Trinajstić information content (AvgIpc) is 2.39. The summed E-state index contributed by atoms with van der Waals surface area (Å²) in [6.07, 6.45) is 1.67. The molecule has 0 aliphatic carbocycles. The zero-order valence-electron chi connectivity index (χ0n) is 9.95. The highest BCUT2D eigenvalue weighted by Gasteiger charge is 2.23. The third-order valence-corrected chi connectivity index (χ3v) is 3.18. The van der Waals surface area contributed by atoms with Crippen molar-refractivity contribution in [3.8, 4) is 0 Å². The van der Waals surface area contributed by atoms with Crippen LogP contribution in [0.1, 0.15) is 17.2 Å². The molecule has 5 heteroatoms. The summed E-state index contributed by atoms with van der Waals surface area (Å²) in [7, 11) is 0. The molecule has 0 radical (unpaired) electrons. The van der Waals surface area contributed by atoms with Gasteiger partial charge in [0.25, 0.3) is 0 Å². The Balaban J connectivity index is 1.94. The van der Waals surface area contributed by atoms with Crippen LogP contribution in [0.5, 0.6) is 0 Å². The highest BCUT2D eigenvalue weighted by Crippen LogP contribution is 2.26. The monoisotopic (exact) mass is 241 g/mol. The molecule has 92 valence electrons. The SMILES string of the molecule is Nc1ccnc(N2Cc3ccccc3C(N)C2)n1. The Bertz CT molecular complexity index is 569. The maximum Gasteiger partial charge on any atom is 0.227 e. The Morgan fingerprint density at radius 3 is 2.89 bits per heavy atom. The molecule has 1 aliphatic heterocycles. The van der Waals surface area contributed by atoms with Crippen molar-refractivity contribution >= 4 is 11.8 Å².